The Morgan fingerprint density at radius 2 is 2.26 bits per heavy atom. The molecule has 0 aromatic carbocycles. The molecule has 2 unspecified atom stereocenters. The van der Waals surface area contributed by atoms with Crippen LogP contribution >= 0.6 is 0 Å². The fraction of sp³-hybridized carbons (Fsp3) is 0.438. The quantitative estimate of drug-likeness (QED) is 0.479. The van der Waals surface area contributed by atoms with Crippen molar-refractivity contribution in [2.24, 2.45) is 5.92 Å². The summed E-state index contributed by atoms with van der Waals surface area (Å²) in [5, 5.41) is 2.88. The van der Waals surface area contributed by atoms with E-state index in [1.165, 1.54) is 4.90 Å². The van der Waals surface area contributed by atoms with Gasteiger partial charge >= 0.3 is 0 Å². The molecule has 1 aromatic heterocycles. The molecule has 122 valence electrons. The van der Waals surface area contributed by atoms with Gasteiger partial charge in [-0.15, -0.1) is 6.58 Å². The summed E-state index contributed by atoms with van der Waals surface area (Å²) in [6.45, 7) is 9.38. The highest BCUT2D eigenvalue weighted by Crippen LogP contribution is 2.46. The monoisotopic (exact) mass is 316 g/mol. The van der Waals surface area contributed by atoms with E-state index in [1.807, 2.05) is 13.8 Å². The molecular formula is C16H20N4O3. The SMILES string of the molecule is C=CCONC12NC(=O)C(C)(C(C)C)N1C(=O)c1cccnc12. The van der Waals surface area contributed by atoms with Crippen molar-refractivity contribution in [3.8, 4) is 0 Å². The van der Waals surface area contributed by atoms with E-state index >= 15 is 0 Å². The summed E-state index contributed by atoms with van der Waals surface area (Å²) in [6.07, 6.45) is 3.16. The number of hydrogen-bond acceptors (Lipinski definition) is 5. The molecule has 2 amide bonds. The maximum absolute atomic E-state index is 13.0. The van der Waals surface area contributed by atoms with E-state index in [4.69, 9.17) is 4.84 Å². The number of nitrogens with one attached hydrogen (secondary N) is 2. The lowest BCUT2D eigenvalue weighted by Gasteiger charge is -2.39. The highest BCUT2D eigenvalue weighted by atomic mass is 16.7. The number of hydroxylamine groups is 1. The van der Waals surface area contributed by atoms with Gasteiger partial charge in [0.05, 0.1) is 12.2 Å². The second kappa shape index (κ2) is 5.14. The number of rotatable bonds is 5. The Morgan fingerprint density at radius 1 is 1.52 bits per heavy atom. The molecule has 2 atom stereocenters. The number of fused-ring (bicyclic) bond motifs is 3. The zero-order valence-corrected chi connectivity index (χ0v) is 13.4. The van der Waals surface area contributed by atoms with Crippen LogP contribution in [0.4, 0.5) is 0 Å². The summed E-state index contributed by atoms with van der Waals surface area (Å²) in [4.78, 5) is 36.9. The molecular weight excluding hydrogens is 296 g/mol. The van der Waals surface area contributed by atoms with E-state index < -0.39 is 11.3 Å². The van der Waals surface area contributed by atoms with Gasteiger partial charge in [-0.2, -0.15) is 5.48 Å². The van der Waals surface area contributed by atoms with Gasteiger partial charge in [0.15, 0.2) is 0 Å². The third-order valence-corrected chi connectivity index (χ3v) is 4.68. The van der Waals surface area contributed by atoms with Gasteiger partial charge in [0.2, 0.25) is 11.7 Å². The van der Waals surface area contributed by atoms with Gasteiger partial charge in [-0.1, -0.05) is 19.9 Å². The van der Waals surface area contributed by atoms with Crippen molar-refractivity contribution in [2.75, 3.05) is 6.61 Å². The molecule has 0 aliphatic carbocycles. The normalized spacial score (nSPS) is 28.8. The minimum Gasteiger partial charge on any atom is -0.312 e. The second-order valence-electron chi connectivity index (χ2n) is 6.21. The van der Waals surface area contributed by atoms with Gasteiger partial charge in [0.25, 0.3) is 5.91 Å². The standard InChI is InChI=1S/C16H20N4O3/c1-5-9-23-19-16-12-11(7-6-8-17-12)13(21)20(16)15(4,10(2)3)14(22)18-16/h5-8,10,19H,1,9H2,2-4H3,(H,18,22). The van der Waals surface area contributed by atoms with Gasteiger partial charge in [0.1, 0.15) is 11.2 Å². The predicted molar refractivity (Wildman–Crippen MR) is 82.8 cm³/mol. The lowest BCUT2D eigenvalue weighted by molar-refractivity contribution is -0.127. The van der Waals surface area contributed by atoms with Gasteiger partial charge in [-0.05, 0) is 25.0 Å². The van der Waals surface area contributed by atoms with Crippen LogP contribution in [0, 0.1) is 5.92 Å². The van der Waals surface area contributed by atoms with Gasteiger partial charge in [0, 0.05) is 6.20 Å². The Balaban J connectivity index is 2.16. The van der Waals surface area contributed by atoms with Crippen molar-refractivity contribution in [1.29, 1.82) is 0 Å². The smallest absolute Gasteiger partial charge is 0.260 e. The van der Waals surface area contributed by atoms with E-state index in [0.717, 1.165) is 0 Å². The van der Waals surface area contributed by atoms with Crippen LogP contribution in [0.3, 0.4) is 0 Å². The zero-order valence-electron chi connectivity index (χ0n) is 13.4. The fourth-order valence-corrected chi connectivity index (χ4v) is 3.16. The molecule has 0 spiro atoms. The van der Waals surface area contributed by atoms with E-state index in [0.29, 0.717) is 11.3 Å². The third kappa shape index (κ3) is 1.87. The van der Waals surface area contributed by atoms with Crippen molar-refractivity contribution in [3.63, 3.8) is 0 Å². The topological polar surface area (TPSA) is 83.6 Å². The molecule has 7 nitrogen and oxygen atoms in total. The van der Waals surface area contributed by atoms with E-state index in [9.17, 15) is 9.59 Å². The Labute approximate surface area is 134 Å². The molecule has 1 saturated heterocycles. The van der Waals surface area contributed by atoms with Crippen molar-refractivity contribution in [1.82, 2.24) is 20.7 Å². The fourth-order valence-electron chi connectivity index (χ4n) is 3.16. The van der Waals surface area contributed by atoms with E-state index in [1.54, 1.807) is 31.3 Å². The number of carbonyl (C=O) groups is 2. The molecule has 7 heteroatoms. The minimum absolute atomic E-state index is 0.0937. The zero-order chi connectivity index (χ0) is 16.8. The van der Waals surface area contributed by atoms with Crippen molar-refractivity contribution >= 4 is 11.8 Å². The predicted octanol–water partition coefficient (Wildman–Crippen LogP) is 0.899. The molecule has 0 bridgehead atoms. The molecule has 3 heterocycles. The summed E-state index contributed by atoms with van der Waals surface area (Å²) in [7, 11) is 0. The third-order valence-electron chi connectivity index (χ3n) is 4.68. The molecule has 2 N–H and O–H groups in total. The van der Waals surface area contributed by atoms with Crippen LogP contribution in [0.1, 0.15) is 36.8 Å². The Hall–Kier alpha value is -2.25. The summed E-state index contributed by atoms with van der Waals surface area (Å²) in [5.74, 6) is -1.89. The van der Waals surface area contributed by atoms with E-state index in [-0.39, 0.29) is 24.3 Å². The maximum Gasteiger partial charge on any atom is 0.260 e. The lowest BCUT2D eigenvalue weighted by atomic mass is 9.87. The number of aromatic nitrogens is 1. The van der Waals surface area contributed by atoms with Gasteiger partial charge in [-0.3, -0.25) is 24.3 Å². The van der Waals surface area contributed by atoms with Crippen LogP contribution in [0.15, 0.2) is 31.0 Å². The van der Waals surface area contributed by atoms with Crippen LogP contribution in [-0.4, -0.2) is 33.8 Å². The van der Waals surface area contributed by atoms with Crippen molar-refractivity contribution in [3.05, 3.63) is 42.2 Å². The van der Waals surface area contributed by atoms with Crippen molar-refractivity contribution in [2.45, 2.75) is 32.1 Å². The molecule has 1 fully saturated rings. The average molecular weight is 316 g/mol. The Morgan fingerprint density at radius 3 is 2.91 bits per heavy atom. The highest BCUT2D eigenvalue weighted by molar-refractivity contribution is 6.06. The number of hydrogen-bond donors (Lipinski definition) is 2. The first kappa shape index (κ1) is 15.6. The molecule has 3 rings (SSSR count). The molecule has 2 aliphatic rings. The molecule has 2 aliphatic heterocycles. The van der Waals surface area contributed by atoms with Gasteiger partial charge < -0.3 is 5.32 Å². The summed E-state index contributed by atoms with van der Waals surface area (Å²) in [6, 6.07) is 3.40. The van der Waals surface area contributed by atoms with Crippen LogP contribution in [0.2, 0.25) is 0 Å². The number of amides is 2. The lowest BCUT2D eigenvalue weighted by Crippen LogP contribution is -2.61. The molecule has 0 radical (unpaired) electrons. The highest BCUT2D eigenvalue weighted by Gasteiger charge is 2.67. The minimum atomic E-state index is -1.30. The first-order valence-electron chi connectivity index (χ1n) is 7.52. The van der Waals surface area contributed by atoms with E-state index in [2.05, 4.69) is 22.4 Å². The second-order valence-corrected chi connectivity index (χ2v) is 6.21. The van der Waals surface area contributed by atoms with Crippen LogP contribution in [0.25, 0.3) is 0 Å². The Kier molecular flexibility index (Phi) is 3.50. The number of nitrogens with zero attached hydrogens (tertiary/aromatic N) is 2. The number of pyridine rings is 1. The summed E-state index contributed by atoms with van der Waals surface area (Å²) in [5.41, 5.74) is 2.70. The van der Waals surface area contributed by atoms with Crippen LogP contribution in [0.5, 0.6) is 0 Å². The van der Waals surface area contributed by atoms with Crippen LogP contribution < -0.4 is 10.8 Å². The van der Waals surface area contributed by atoms with Gasteiger partial charge in [-0.25, -0.2) is 0 Å². The largest absolute Gasteiger partial charge is 0.312 e. The molecule has 0 saturated carbocycles. The first-order valence-corrected chi connectivity index (χ1v) is 7.52. The average Bonchev–Trinajstić information content (AvgIpc) is 2.90. The maximum atomic E-state index is 13.0. The van der Waals surface area contributed by atoms with Crippen molar-refractivity contribution < 1.29 is 14.4 Å². The summed E-state index contributed by atoms with van der Waals surface area (Å²) >= 11 is 0. The molecule has 23 heavy (non-hydrogen) atoms. The first-order chi connectivity index (χ1) is 10.9. The summed E-state index contributed by atoms with van der Waals surface area (Å²) < 4.78 is 0. The van der Waals surface area contributed by atoms with Crippen LogP contribution in [-0.2, 0) is 15.4 Å². The number of carbonyl (C=O) groups excluding carboxylic acids is 2. The Bertz CT molecular complexity index is 690. The molecule has 1 aromatic rings.